The van der Waals surface area contributed by atoms with Gasteiger partial charge in [-0.3, -0.25) is 0 Å². The van der Waals surface area contributed by atoms with E-state index in [-0.39, 0.29) is 0 Å². The summed E-state index contributed by atoms with van der Waals surface area (Å²) in [5.41, 5.74) is 0.451. The Hall–Kier alpha value is -1.06. The molecule has 0 spiro atoms. The third-order valence-electron chi connectivity index (χ3n) is 3.41. The van der Waals surface area contributed by atoms with Crippen molar-refractivity contribution in [2.45, 2.75) is 31.3 Å². The summed E-state index contributed by atoms with van der Waals surface area (Å²) in [5, 5.41) is 13.9. The van der Waals surface area contributed by atoms with Crippen molar-refractivity contribution in [1.82, 2.24) is 5.32 Å². The fourth-order valence-electron chi connectivity index (χ4n) is 2.47. The van der Waals surface area contributed by atoms with Crippen LogP contribution < -0.4 is 10.1 Å². The summed E-state index contributed by atoms with van der Waals surface area (Å²) >= 11 is 0. The third-order valence-corrected chi connectivity index (χ3v) is 3.41. The minimum absolute atomic E-state index is 0.634. The van der Waals surface area contributed by atoms with Gasteiger partial charge in [-0.25, -0.2) is 0 Å². The van der Waals surface area contributed by atoms with E-state index < -0.39 is 5.60 Å². The maximum Gasteiger partial charge on any atom is 0.122 e. The third kappa shape index (κ3) is 3.20. The fourth-order valence-corrected chi connectivity index (χ4v) is 2.47. The number of rotatable bonds is 3. The van der Waals surface area contributed by atoms with Crippen LogP contribution in [0.25, 0.3) is 0 Å². The van der Waals surface area contributed by atoms with Crippen LogP contribution in [0.4, 0.5) is 0 Å². The van der Waals surface area contributed by atoms with Gasteiger partial charge in [0.25, 0.3) is 0 Å². The lowest BCUT2D eigenvalue weighted by molar-refractivity contribution is 0.0362. The maximum absolute atomic E-state index is 10.6. The first-order valence-corrected chi connectivity index (χ1v) is 6.28. The number of hydrogen-bond donors (Lipinski definition) is 2. The molecular weight excluding hydrogens is 214 g/mol. The minimum atomic E-state index is -0.634. The van der Waals surface area contributed by atoms with E-state index in [2.05, 4.69) is 5.32 Å². The summed E-state index contributed by atoms with van der Waals surface area (Å²) in [6.07, 6.45) is 3.74. The van der Waals surface area contributed by atoms with E-state index in [4.69, 9.17) is 4.74 Å². The van der Waals surface area contributed by atoms with Crippen LogP contribution >= 0.6 is 0 Å². The fraction of sp³-hybridized carbons (Fsp3) is 0.571. The molecule has 1 aromatic carbocycles. The highest BCUT2D eigenvalue weighted by molar-refractivity contribution is 5.34. The molecule has 1 saturated heterocycles. The summed E-state index contributed by atoms with van der Waals surface area (Å²) in [6.45, 7) is 1.68. The zero-order valence-electron chi connectivity index (χ0n) is 10.4. The number of ether oxygens (including phenoxy) is 1. The Morgan fingerprint density at radius 3 is 3.00 bits per heavy atom. The lowest BCUT2D eigenvalue weighted by Crippen LogP contribution is -2.41. The molecule has 0 aromatic heterocycles. The van der Waals surface area contributed by atoms with Gasteiger partial charge < -0.3 is 15.2 Å². The molecule has 17 heavy (non-hydrogen) atoms. The van der Waals surface area contributed by atoms with Crippen molar-refractivity contribution < 1.29 is 9.84 Å². The Balaban J connectivity index is 2.12. The molecule has 1 aliphatic heterocycles. The number of methoxy groups -OCH3 is 1. The summed E-state index contributed by atoms with van der Waals surface area (Å²) in [6, 6.07) is 7.92. The highest BCUT2D eigenvalue weighted by atomic mass is 16.5. The average molecular weight is 235 g/mol. The molecule has 0 saturated carbocycles. The second-order valence-corrected chi connectivity index (χ2v) is 4.85. The van der Waals surface area contributed by atoms with Crippen molar-refractivity contribution in [2.24, 2.45) is 0 Å². The molecule has 1 atom stereocenters. The van der Waals surface area contributed by atoms with Crippen LogP contribution in [0.3, 0.4) is 0 Å². The minimum Gasteiger partial charge on any atom is -0.496 e. The molecule has 0 bridgehead atoms. The maximum atomic E-state index is 10.6. The zero-order chi connectivity index (χ0) is 12.1. The molecule has 1 aromatic rings. The van der Waals surface area contributed by atoms with Gasteiger partial charge in [0.15, 0.2) is 0 Å². The van der Waals surface area contributed by atoms with Gasteiger partial charge >= 0.3 is 0 Å². The normalized spacial score (nSPS) is 25.3. The van der Waals surface area contributed by atoms with Crippen LogP contribution in [0.2, 0.25) is 0 Å². The molecule has 1 unspecified atom stereocenters. The number of aliphatic hydroxyl groups is 1. The van der Waals surface area contributed by atoms with E-state index in [1.54, 1.807) is 7.11 Å². The highest BCUT2D eigenvalue weighted by Gasteiger charge is 2.29. The topological polar surface area (TPSA) is 41.5 Å². The van der Waals surface area contributed by atoms with E-state index in [1.807, 2.05) is 24.3 Å². The van der Waals surface area contributed by atoms with Crippen LogP contribution in [-0.4, -0.2) is 30.9 Å². The van der Waals surface area contributed by atoms with Crippen molar-refractivity contribution in [3.63, 3.8) is 0 Å². The number of β-amino-alcohol motifs (C(OH)–C–C–N with tert-alkyl or cyclic N) is 1. The lowest BCUT2D eigenvalue weighted by atomic mass is 9.90. The Morgan fingerprint density at radius 1 is 1.35 bits per heavy atom. The van der Waals surface area contributed by atoms with Crippen molar-refractivity contribution in [3.05, 3.63) is 29.8 Å². The van der Waals surface area contributed by atoms with E-state index in [9.17, 15) is 5.11 Å². The van der Waals surface area contributed by atoms with Crippen molar-refractivity contribution in [1.29, 1.82) is 0 Å². The molecule has 1 aliphatic rings. The van der Waals surface area contributed by atoms with Gasteiger partial charge in [-0.1, -0.05) is 18.2 Å². The molecule has 0 radical (unpaired) electrons. The predicted molar refractivity (Wildman–Crippen MR) is 68.4 cm³/mol. The standard InChI is InChI=1S/C14H21NO2/c1-17-13-7-3-2-6-12(13)10-14(16)8-4-5-9-15-11-14/h2-3,6-7,15-16H,4-5,8-11H2,1H3. The quantitative estimate of drug-likeness (QED) is 0.838. The van der Waals surface area contributed by atoms with Crippen LogP contribution in [0.15, 0.2) is 24.3 Å². The smallest absolute Gasteiger partial charge is 0.122 e. The molecule has 3 nitrogen and oxygen atoms in total. The summed E-state index contributed by atoms with van der Waals surface area (Å²) in [5.74, 6) is 0.866. The number of para-hydroxylation sites is 1. The highest BCUT2D eigenvalue weighted by Crippen LogP contribution is 2.26. The van der Waals surface area contributed by atoms with Gasteiger partial charge in [0, 0.05) is 13.0 Å². The molecule has 1 fully saturated rings. The van der Waals surface area contributed by atoms with Gasteiger partial charge in [-0.15, -0.1) is 0 Å². The van der Waals surface area contributed by atoms with E-state index in [0.717, 1.165) is 37.1 Å². The zero-order valence-corrected chi connectivity index (χ0v) is 10.4. The van der Waals surface area contributed by atoms with Crippen molar-refractivity contribution in [3.8, 4) is 5.75 Å². The molecule has 3 heteroatoms. The first-order chi connectivity index (χ1) is 8.23. The number of hydrogen-bond acceptors (Lipinski definition) is 3. The first kappa shape index (κ1) is 12.4. The van der Waals surface area contributed by atoms with E-state index >= 15 is 0 Å². The first-order valence-electron chi connectivity index (χ1n) is 6.28. The van der Waals surface area contributed by atoms with Crippen molar-refractivity contribution >= 4 is 0 Å². The summed E-state index contributed by atoms with van der Waals surface area (Å²) < 4.78 is 5.33. The second-order valence-electron chi connectivity index (χ2n) is 4.85. The Kier molecular flexibility index (Phi) is 4.02. The number of benzene rings is 1. The Bertz CT molecular complexity index is 357. The molecule has 2 rings (SSSR count). The van der Waals surface area contributed by atoms with Gasteiger partial charge in [-0.05, 0) is 37.4 Å². The molecule has 1 heterocycles. The van der Waals surface area contributed by atoms with Gasteiger partial charge in [0.2, 0.25) is 0 Å². The van der Waals surface area contributed by atoms with E-state index in [0.29, 0.717) is 13.0 Å². The summed E-state index contributed by atoms with van der Waals surface area (Å²) in [4.78, 5) is 0. The van der Waals surface area contributed by atoms with Gasteiger partial charge in [0.05, 0.1) is 12.7 Å². The Labute approximate surface area is 103 Å². The van der Waals surface area contributed by atoms with Crippen LogP contribution in [0.1, 0.15) is 24.8 Å². The monoisotopic (exact) mass is 235 g/mol. The molecular formula is C14H21NO2. The van der Waals surface area contributed by atoms with Crippen LogP contribution in [-0.2, 0) is 6.42 Å². The molecule has 2 N–H and O–H groups in total. The predicted octanol–water partition coefficient (Wildman–Crippen LogP) is 1.74. The van der Waals surface area contributed by atoms with Crippen LogP contribution in [0, 0.1) is 0 Å². The average Bonchev–Trinajstić information content (AvgIpc) is 2.55. The van der Waals surface area contributed by atoms with Crippen molar-refractivity contribution in [2.75, 3.05) is 20.2 Å². The molecule has 0 amide bonds. The lowest BCUT2D eigenvalue weighted by Gasteiger charge is -2.27. The number of nitrogens with one attached hydrogen (secondary N) is 1. The molecule has 94 valence electrons. The SMILES string of the molecule is COc1ccccc1CC1(O)CCCCNC1. The van der Waals surface area contributed by atoms with Gasteiger partial charge in [0.1, 0.15) is 5.75 Å². The van der Waals surface area contributed by atoms with E-state index in [1.165, 1.54) is 0 Å². The van der Waals surface area contributed by atoms with Gasteiger partial charge in [-0.2, -0.15) is 0 Å². The molecule has 0 aliphatic carbocycles. The second kappa shape index (κ2) is 5.52. The van der Waals surface area contributed by atoms with Crippen LogP contribution in [0.5, 0.6) is 5.75 Å². The summed E-state index contributed by atoms with van der Waals surface area (Å²) in [7, 11) is 1.67. The largest absolute Gasteiger partial charge is 0.496 e. The Morgan fingerprint density at radius 2 is 2.18 bits per heavy atom.